The van der Waals surface area contributed by atoms with Crippen molar-refractivity contribution in [3.63, 3.8) is 0 Å². The minimum Gasteiger partial charge on any atom is -0.493 e. The third-order valence-electron chi connectivity index (χ3n) is 10.8. The lowest BCUT2D eigenvalue weighted by molar-refractivity contribution is -0.206. The van der Waals surface area contributed by atoms with Gasteiger partial charge in [0.05, 0.1) is 29.1 Å². The molecule has 1 saturated carbocycles. The summed E-state index contributed by atoms with van der Waals surface area (Å²) in [6.07, 6.45) is 4.64. The molecule has 3 aliphatic heterocycles. The van der Waals surface area contributed by atoms with Gasteiger partial charge in [0, 0.05) is 24.1 Å². The van der Waals surface area contributed by atoms with Crippen molar-refractivity contribution in [1.29, 1.82) is 0 Å². The van der Waals surface area contributed by atoms with Crippen molar-refractivity contribution >= 4 is 20.0 Å². The molecule has 2 aromatic carbocycles. The second-order valence-electron chi connectivity index (χ2n) is 12.2. The van der Waals surface area contributed by atoms with Crippen LogP contribution in [0.1, 0.15) is 23.1 Å². The number of ether oxygens (including phenoxy) is 3. The molecule has 216 valence electrons. The van der Waals surface area contributed by atoms with Gasteiger partial charge in [0.2, 0.25) is 0 Å². The molecule has 9 rings (SSSR count). The van der Waals surface area contributed by atoms with E-state index in [1.54, 1.807) is 19.2 Å². The number of aryl methyl sites for hydroxylation is 1. The molecule has 2 aromatic rings. The van der Waals surface area contributed by atoms with Gasteiger partial charge in [-0.15, -0.1) is 0 Å². The molecule has 4 bridgehead atoms. The van der Waals surface area contributed by atoms with E-state index in [9.17, 15) is 16.8 Å². The molecule has 2 spiro atoms. The van der Waals surface area contributed by atoms with Gasteiger partial charge in [-0.25, -0.2) is 8.42 Å². The average Bonchev–Trinajstić information content (AvgIpc) is 3.44. The molecule has 0 N–H and O–H groups in total. The quantitative estimate of drug-likeness (QED) is 0.380. The number of likely N-dealkylation sites (N-methyl/N-ethyl adjacent to an activating group) is 1. The first kappa shape index (κ1) is 25.8. The van der Waals surface area contributed by atoms with E-state index in [1.165, 1.54) is 19.2 Å². The zero-order valence-corrected chi connectivity index (χ0v) is 24.8. The number of hydrogen-bond acceptors (Lipinski definition) is 9. The van der Waals surface area contributed by atoms with Crippen LogP contribution in [-0.4, -0.2) is 72.5 Å². The zero-order chi connectivity index (χ0) is 28.7. The smallest absolute Gasteiger partial charge is 0.338 e. The van der Waals surface area contributed by atoms with E-state index in [0.29, 0.717) is 24.3 Å². The Morgan fingerprint density at radius 2 is 1.83 bits per heavy atom. The van der Waals surface area contributed by atoms with Crippen LogP contribution in [0.2, 0.25) is 0 Å². The van der Waals surface area contributed by atoms with Gasteiger partial charge in [0.1, 0.15) is 22.4 Å². The van der Waals surface area contributed by atoms with Crippen LogP contribution >= 0.6 is 0 Å². The van der Waals surface area contributed by atoms with E-state index < -0.39 is 53.7 Å². The number of benzene rings is 2. The van der Waals surface area contributed by atoms with Crippen LogP contribution in [0, 0.1) is 18.3 Å². The lowest BCUT2D eigenvalue weighted by Crippen LogP contribution is -2.83. The van der Waals surface area contributed by atoms with Crippen LogP contribution in [0.15, 0.2) is 64.6 Å². The predicted molar refractivity (Wildman–Crippen MR) is 149 cm³/mol. The minimum absolute atomic E-state index is 0.0457. The molecule has 1 saturated heterocycles. The van der Waals surface area contributed by atoms with Crippen molar-refractivity contribution in [2.45, 2.75) is 53.1 Å². The number of methoxy groups -OCH3 is 2. The highest BCUT2D eigenvalue weighted by atomic mass is 32.2. The fourth-order valence-electron chi connectivity index (χ4n) is 9.32. The Morgan fingerprint density at radius 1 is 1.07 bits per heavy atom. The number of nitrogens with zero attached hydrogens (tertiary/aromatic N) is 1. The largest absolute Gasteiger partial charge is 0.493 e. The summed E-state index contributed by atoms with van der Waals surface area (Å²) in [6, 6.07) is 10.1. The first-order valence-electron chi connectivity index (χ1n) is 13.8. The average molecular weight is 598 g/mol. The van der Waals surface area contributed by atoms with E-state index >= 15 is 0 Å². The van der Waals surface area contributed by atoms with Crippen LogP contribution in [0.5, 0.6) is 11.5 Å². The SMILES string of the molecule is COc1ccc2c3c1OC1C4(OC)C=CC5(C(C2)N(C)CCC315)C1C4C(OS(=O)(=O)c2ccc(C)cc2)=CS1(=O)=O. The van der Waals surface area contributed by atoms with Crippen molar-refractivity contribution in [3.8, 4) is 11.5 Å². The van der Waals surface area contributed by atoms with E-state index in [-0.39, 0.29) is 16.7 Å². The van der Waals surface area contributed by atoms with Crippen molar-refractivity contribution in [2.24, 2.45) is 11.3 Å². The summed E-state index contributed by atoms with van der Waals surface area (Å²) >= 11 is 0. The van der Waals surface area contributed by atoms with Crippen LogP contribution in [0.3, 0.4) is 0 Å². The molecule has 3 heterocycles. The second kappa shape index (κ2) is 7.75. The highest BCUT2D eigenvalue weighted by molar-refractivity contribution is 7.95. The summed E-state index contributed by atoms with van der Waals surface area (Å²) in [6.45, 7) is 2.61. The summed E-state index contributed by atoms with van der Waals surface area (Å²) in [5.74, 6) is 0.155. The number of likely N-dealkylation sites (tertiary alicyclic amines) is 1. The van der Waals surface area contributed by atoms with Gasteiger partial charge >= 0.3 is 10.1 Å². The number of piperidine rings is 1. The summed E-state index contributed by atoms with van der Waals surface area (Å²) in [4.78, 5) is 2.20. The Balaban J connectivity index is 1.37. The van der Waals surface area contributed by atoms with Gasteiger partial charge in [0.15, 0.2) is 21.3 Å². The van der Waals surface area contributed by atoms with Crippen LogP contribution in [-0.2, 0) is 40.7 Å². The molecule has 41 heavy (non-hydrogen) atoms. The minimum atomic E-state index is -4.33. The molecule has 0 aromatic heterocycles. The van der Waals surface area contributed by atoms with Gasteiger partial charge in [-0.2, -0.15) is 8.42 Å². The molecular formula is C30H31NO8S2. The van der Waals surface area contributed by atoms with Crippen LogP contribution in [0.25, 0.3) is 0 Å². The highest BCUT2D eigenvalue weighted by Crippen LogP contribution is 2.77. The molecule has 11 heteroatoms. The predicted octanol–water partition coefficient (Wildman–Crippen LogP) is 2.88. The maximum atomic E-state index is 14.3. The molecule has 9 nitrogen and oxygen atoms in total. The zero-order valence-electron chi connectivity index (χ0n) is 23.2. The maximum absolute atomic E-state index is 14.3. The summed E-state index contributed by atoms with van der Waals surface area (Å²) in [5.41, 5.74) is 0.103. The maximum Gasteiger partial charge on any atom is 0.338 e. The van der Waals surface area contributed by atoms with Gasteiger partial charge in [-0.1, -0.05) is 35.9 Å². The number of rotatable bonds is 5. The molecule has 0 radical (unpaired) electrons. The van der Waals surface area contributed by atoms with E-state index in [1.807, 2.05) is 26.1 Å². The lowest BCUT2D eigenvalue weighted by atomic mass is 9.37. The van der Waals surface area contributed by atoms with Gasteiger partial charge < -0.3 is 23.3 Å². The molecule has 4 aliphatic carbocycles. The third-order valence-corrected chi connectivity index (χ3v) is 14.0. The van der Waals surface area contributed by atoms with Crippen molar-refractivity contribution in [1.82, 2.24) is 4.90 Å². The highest BCUT2D eigenvalue weighted by Gasteiger charge is 2.85. The van der Waals surface area contributed by atoms with Gasteiger partial charge in [0.25, 0.3) is 0 Å². The Kier molecular flexibility index (Phi) is 4.88. The van der Waals surface area contributed by atoms with Crippen molar-refractivity contribution in [2.75, 3.05) is 27.8 Å². The van der Waals surface area contributed by atoms with E-state index in [0.717, 1.165) is 28.6 Å². The van der Waals surface area contributed by atoms with Crippen molar-refractivity contribution in [3.05, 3.63) is 76.4 Å². The molecular weight excluding hydrogens is 566 g/mol. The fraction of sp³-hybridized carbons (Fsp3) is 0.467. The Hall–Kier alpha value is -2.86. The monoisotopic (exact) mass is 597 g/mol. The normalized spacial score (nSPS) is 38.6. The second-order valence-corrected chi connectivity index (χ2v) is 15.7. The summed E-state index contributed by atoms with van der Waals surface area (Å²) < 4.78 is 80.4. The molecule has 7 aliphatic rings. The molecule has 7 unspecified atom stereocenters. The standard InChI is InChI=1S/C30H31NO8S2/c1-17-5-8-19(9-6-17)41(34,35)39-21-16-40(32,33)26-24(21)30(37-4)12-11-28(26)22-15-18-7-10-20(36-3)25-23(18)29(28,27(30)38-25)13-14-31(22)2/h5-12,16,22,24,26-27H,13-15H2,1-4H3. The lowest BCUT2D eigenvalue weighted by Gasteiger charge is -2.72. The van der Waals surface area contributed by atoms with E-state index in [4.69, 9.17) is 18.4 Å². The summed E-state index contributed by atoms with van der Waals surface area (Å²) in [7, 11) is -3.16. The van der Waals surface area contributed by atoms with Crippen molar-refractivity contribution < 1.29 is 35.2 Å². The van der Waals surface area contributed by atoms with Crippen LogP contribution < -0.4 is 9.47 Å². The topological polar surface area (TPSA) is 108 Å². The number of sulfone groups is 1. The van der Waals surface area contributed by atoms with Gasteiger partial charge in [-0.3, -0.25) is 0 Å². The molecule has 0 amide bonds. The summed E-state index contributed by atoms with van der Waals surface area (Å²) in [5, 5.41) is 0.0347. The number of hydrogen-bond donors (Lipinski definition) is 0. The Labute approximate surface area is 239 Å². The first-order chi connectivity index (χ1) is 19.5. The molecule has 2 fully saturated rings. The Bertz CT molecular complexity index is 1800. The van der Waals surface area contributed by atoms with E-state index in [2.05, 4.69) is 17.0 Å². The fourth-order valence-corrected chi connectivity index (χ4v) is 12.7. The molecule has 7 atom stereocenters. The third kappa shape index (κ3) is 2.75. The van der Waals surface area contributed by atoms with Gasteiger partial charge in [-0.05, 0) is 57.1 Å². The first-order valence-corrected chi connectivity index (χ1v) is 16.8. The van der Waals surface area contributed by atoms with Crippen LogP contribution in [0.4, 0.5) is 0 Å². The Morgan fingerprint density at radius 3 is 2.54 bits per heavy atom.